The van der Waals surface area contributed by atoms with Crippen LogP contribution in [0.5, 0.6) is 0 Å². The number of halogens is 1. The highest BCUT2D eigenvalue weighted by Gasteiger charge is 2.05. The van der Waals surface area contributed by atoms with Crippen LogP contribution >= 0.6 is 23.8 Å². The predicted molar refractivity (Wildman–Crippen MR) is 53.8 cm³/mol. The van der Waals surface area contributed by atoms with E-state index in [1.165, 1.54) is 0 Å². The van der Waals surface area contributed by atoms with Gasteiger partial charge in [-0.1, -0.05) is 54.2 Å². The van der Waals surface area contributed by atoms with E-state index >= 15 is 0 Å². The van der Waals surface area contributed by atoms with Gasteiger partial charge in [-0.25, -0.2) is 0 Å². The van der Waals surface area contributed by atoms with Crippen molar-refractivity contribution in [3.05, 3.63) is 35.9 Å². The van der Waals surface area contributed by atoms with Crippen LogP contribution in [-0.2, 0) is 0 Å². The number of thiocarbonyl (C=S) groups is 1. The molecule has 0 saturated heterocycles. The van der Waals surface area contributed by atoms with Crippen molar-refractivity contribution in [1.82, 2.24) is 0 Å². The number of hydrogen-bond donors (Lipinski definition) is 0. The number of carbonyl (C=O) groups is 1. The lowest BCUT2D eigenvalue weighted by atomic mass is 10.1. The molecule has 0 aliphatic carbocycles. The van der Waals surface area contributed by atoms with E-state index in [4.69, 9.17) is 11.6 Å². The summed E-state index contributed by atoms with van der Waals surface area (Å²) in [5.41, 5.74) is 0.653. The van der Waals surface area contributed by atoms with Crippen LogP contribution in [0, 0.1) is 0 Å². The molecular weight excluding hydrogens is 192 g/mol. The van der Waals surface area contributed by atoms with Gasteiger partial charge in [0.25, 0.3) is 0 Å². The van der Waals surface area contributed by atoms with Crippen LogP contribution in [-0.4, -0.2) is 10.1 Å². The van der Waals surface area contributed by atoms with Crippen LogP contribution in [0.15, 0.2) is 30.3 Å². The van der Waals surface area contributed by atoms with E-state index in [1.54, 1.807) is 12.1 Å². The number of rotatable bonds is 3. The van der Waals surface area contributed by atoms with Gasteiger partial charge in [0.2, 0.25) is 0 Å². The quantitative estimate of drug-likeness (QED) is 0.422. The standard InChI is InChI=1S/C9H7ClOS/c10-9(12)6-8(11)7-4-2-1-3-5-7/h1-5H,6H2. The van der Waals surface area contributed by atoms with E-state index in [0.717, 1.165) is 0 Å². The van der Waals surface area contributed by atoms with Gasteiger partial charge < -0.3 is 0 Å². The van der Waals surface area contributed by atoms with Crippen molar-refractivity contribution in [3.63, 3.8) is 0 Å². The Morgan fingerprint density at radius 1 is 1.33 bits per heavy atom. The normalized spacial score (nSPS) is 9.42. The molecule has 0 spiro atoms. The topological polar surface area (TPSA) is 17.1 Å². The Hall–Kier alpha value is -0.730. The fourth-order valence-electron chi connectivity index (χ4n) is 0.852. The summed E-state index contributed by atoms with van der Waals surface area (Å²) in [4.78, 5) is 11.3. The van der Waals surface area contributed by atoms with Crippen LogP contribution in [0.25, 0.3) is 0 Å². The number of ketones is 1. The van der Waals surface area contributed by atoms with Crippen LogP contribution in [0.1, 0.15) is 16.8 Å². The summed E-state index contributed by atoms with van der Waals surface area (Å²) < 4.78 is 0.212. The minimum atomic E-state index is -0.0319. The monoisotopic (exact) mass is 198 g/mol. The van der Waals surface area contributed by atoms with Crippen LogP contribution < -0.4 is 0 Å². The first-order chi connectivity index (χ1) is 5.70. The highest BCUT2D eigenvalue weighted by molar-refractivity contribution is 7.83. The first-order valence-electron chi connectivity index (χ1n) is 3.47. The van der Waals surface area contributed by atoms with Gasteiger partial charge in [0, 0.05) is 5.56 Å². The minimum Gasteiger partial charge on any atom is -0.294 e. The summed E-state index contributed by atoms with van der Waals surface area (Å²) in [5, 5.41) is 0. The lowest BCUT2D eigenvalue weighted by molar-refractivity contribution is 0.100. The molecule has 1 nitrogen and oxygen atoms in total. The zero-order valence-corrected chi connectivity index (χ0v) is 7.86. The molecule has 1 aromatic carbocycles. The second-order valence-corrected chi connectivity index (χ2v) is 3.49. The third-order valence-electron chi connectivity index (χ3n) is 1.40. The molecule has 0 radical (unpaired) electrons. The molecule has 0 aliphatic rings. The van der Waals surface area contributed by atoms with Gasteiger partial charge in [-0.3, -0.25) is 4.79 Å². The smallest absolute Gasteiger partial charge is 0.169 e. The minimum absolute atomic E-state index is 0.0319. The van der Waals surface area contributed by atoms with Gasteiger partial charge in [0.15, 0.2) is 5.78 Å². The van der Waals surface area contributed by atoms with Crippen molar-refractivity contribution in [2.24, 2.45) is 0 Å². The van der Waals surface area contributed by atoms with Crippen molar-refractivity contribution >= 4 is 33.9 Å². The predicted octanol–water partition coefficient (Wildman–Crippen LogP) is 2.83. The van der Waals surface area contributed by atoms with Gasteiger partial charge in [-0.2, -0.15) is 0 Å². The first kappa shape index (κ1) is 9.36. The second-order valence-electron chi connectivity index (χ2n) is 2.32. The Morgan fingerprint density at radius 3 is 2.42 bits per heavy atom. The molecule has 0 bridgehead atoms. The molecule has 1 rings (SSSR count). The number of hydrogen-bond acceptors (Lipinski definition) is 2. The Morgan fingerprint density at radius 2 is 1.92 bits per heavy atom. The zero-order valence-electron chi connectivity index (χ0n) is 6.29. The maximum atomic E-state index is 11.3. The molecule has 62 valence electrons. The Kier molecular flexibility index (Phi) is 3.38. The fraction of sp³-hybridized carbons (Fsp3) is 0.111. The average Bonchev–Trinajstić information content (AvgIpc) is 2.05. The molecule has 3 heteroatoms. The van der Waals surface area contributed by atoms with Crippen LogP contribution in [0.3, 0.4) is 0 Å². The van der Waals surface area contributed by atoms with Crippen molar-refractivity contribution < 1.29 is 4.79 Å². The molecule has 0 N–H and O–H groups in total. The fourth-order valence-corrected chi connectivity index (χ4v) is 1.10. The summed E-state index contributed by atoms with van der Waals surface area (Å²) in [6, 6.07) is 8.97. The van der Waals surface area contributed by atoms with Crippen LogP contribution in [0.4, 0.5) is 0 Å². The molecule has 0 amide bonds. The van der Waals surface area contributed by atoms with Crippen molar-refractivity contribution in [3.8, 4) is 0 Å². The molecule has 0 atom stereocenters. The van der Waals surface area contributed by atoms with Gasteiger partial charge in [-0.05, 0) is 0 Å². The van der Waals surface area contributed by atoms with Gasteiger partial charge in [0.05, 0.1) is 10.7 Å². The summed E-state index contributed by atoms with van der Waals surface area (Å²) in [6.07, 6.45) is 0.140. The average molecular weight is 199 g/mol. The lowest BCUT2D eigenvalue weighted by Crippen LogP contribution is -2.01. The van der Waals surface area contributed by atoms with Crippen LogP contribution in [0.2, 0.25) is 0 Å². The number of carbonyl (C=O) groups excluding carboxylic acids is 1. The Balaban J connectivity index is 2.73. The zero-order chi connectivity index (χ0) is 8.97. The highest BCUT2D eigenvalue weighted by atomic mass is 35.5. The largest absolute Gasteiger partial charge is 0.294 e. The van der Waals surface area contributed by atoms with Crippen molar-refractivity contribution in [2.45, 2.75) is 6.42 Å². The summed E-state index contributed by atoms with van der Waals surface area (Å²) in [5.74, 6) is -0.0319. The highest BCUT2D eigenvalue weighted by Crippen LogP contribution is 2.05. The van der Waals surface area contributed by atoms with Gasteiger partial charge >= 0.3 is 0 Å². The third-order valence-corrected chi connectivity index (χ3v) is 1.67. The van der Waals surface area contributed by atoms with E-state index in [-0.39, 0.29) is 16.5 Å². The Labute approximate surface area is 81.3 Å². The third kappa shape index (κ3) is 2.72. The maximum absolute atomic E-state index is 11.3. The Bertz CT molecular complexity index is 295. The molecule has 0 saturated carbocycles. The first-order valence-corrected chi connectivity index (χ1v) is 4.25. The molecule has 1 aromatic rings. The molecule has 0 unspecified atom stereocenters. The summed E-state index contributed by atoms with van der Waals surface area (Å²) in [6.45, 7) is 0. The molecular formula is C9H7ClOS. The van der Waals surface area contributed by atoms with E-state index in [1.807, 2.05) is 18.2 Å². The molecule has 12 heavy (non-hydrogen) atoms. The molecule has 0 fully saturated rings. The van der Waals surface area contributed by atoms with E-state index in [0.29, 0.717) is 5.56 Å². The SMILES string of the molecule is O=C(CC(=S)Cl)c1ccccc1. The number of Topliss-reactive ketones (excluding diaryl/α,β-unsaturated/α-hetero) is 1. The second kappa shape index (κ2) is 4.33. The maximum Gasteiger partial charge on any atom is 0.169 e. The van der Waals surface area contributed by atoms with E-state index in [2.05, 4.69) is 12.2 Å². The number of benzene rings is 1. The van der Waals surface area contributed by atoms with Gasteiger partial charge in [0.1, 0.15) is 0 Å². The molecule has 0 heterocycles. The van der Waals surface area contributed by atoms with Gasteiger partial charge in [-0.15, -0.1) is 0 Å². The summed E-state index contributed by atoms with van der Waals surface area (Å²) in [7, 11) is 0. The van der Waals surface area contributed by atoms with Crippen molar-refractivity contribution in [2.75, 3.05) is 0 Å². The lowest BCUT2D eigenvalue weighted by Gasteiger charge is -1.96. The van der Waals surface area contributed by atoms with E-state index < -0.39 is 0 Å². The summed E-state index contributed by atoms with van der Waals surface area (Å²) >= 11 is 10.0. The van der Waals surface area contributed by atoms with Crippen molar-refractivity contribution in [1.29, 1.82) is 0 Å². The van der Waals surface area contributed by atoms with E-state index in [9.17, 15) is 4.79 Å². The molecule has 0 aliphatic heterocycles. The molecule has 0 aromatic heterocycles.